The summed E-state index contributed by atoms with van der Waals surface area (Å²) in [6.45, 7) is 5.69. The van der Waals surface area contributed by atoms with E-state index in [9.17, 15) is 0 Å². The highest BCUT2D eigenvalue weighted by molar-refractivity contribution is 14.0. The van der Waals surface area contributed by atoms with Crippen LogP contribution in [0.15, 0.2) is 47.5 Å². The van der Waals surface area contributed by atoms with Crippen molar-refractivity contribution in [2.24, 2.45) is 4.99 Å². The number of benzene rings is 2. The summed E-state index contributed by atoms with van der Waals surface area (Å²) in [7, 11) is 5.02. The molecule has 1 aliphatic rings. The normalized spacial score (nSPS) is 15.9. The predicted molar refractivity (Wildman–Crippen MR) is 137 cm³/mol. The van der Waals surface area contributed by atoms with Gasteiger partial charge in [-0.05, 0) is 55.2 Å². The van der Waals surface area contributed by atoms with Gasteiger partial charge < -0.3 is 24.4 Å². The molecule has 0 amide bonds. The molecule has 7 heteroatoms. The predicted octanol–water partition coefficient (Wildman–Crippen LogP) is 4.33. The van der Waals surface area contributed by atoms with Gasteiger partial charge in [0.25, 0.3) is 0 Å². The van der Waals surface area contributed by atoms with Crippen LogP contribution in [0.2, 0.25) is 0 Å². The summed E-state index contributed by atoms with van der Waals surface area (Å²) in [6, 6.07) is 14.5. The van der Waals surface area contributed by atoms with E-state index in [1.54, 1.807) is 21.3 Å². The lowest BCUT2D eigenvalue weighted by Gasteiger charge is -2.22. The van der Waals surface area contributed by atoms with Crippen molar-refractivity contribution in [2.45, 2.75) is 25.7 Å². The molecule has 0 spiro atoms. The number of methoxy groups -OCH3 is 3. The van der Waals surface area contributed by atoms with Crippen molar-refractivity contribution in [2.75, 3.05) is 47.5 Å². The van der Waals surface area contributed by atoms with Crippen molar-refractivity contribution < 1.29 is 14.2 Å². The van der Waals surface area contributed by atoms with E-state index in [1.807, 2.05) is 24.3 Å². The van der Waals surface area contributed by atoms with Crippen molar-refractivity contribution >= 4 is 29.9 Å². The fraction of sp³-hybridized carbons (Fsp3) is 0.458. The zero-order chi connectivity index (χ0) is 21.3. The van der Waals surface area contributed by atoms with Crippen LogP contribution < -0.4 is 19.5 Å². The lowest BCUT2D eigenvalue weighted by Crippen LogP contribution is -2.40. The fourth-order valence-electron chi connectivity index (χ4n) is 3.85. The summed E-state index contributed by atoms with van der Waals surface area (Å²) in [5, 5.41) is 3.45. The van der Waals surface area contributed by atoms with Gasteiger partial charge in [0.15, 0.2) is 17.5 Å². The summed E-state index contributed by atoms with van der Waals surface area (Å²) in [6.07, 6.45) is 1.98. The molecule has 1 saturated heterocycles. The van der Waals surface area contributed by atoms with E-state index in [2.05, 4.69) is 35.3 Å². The molecule has 0 radical (unpaired) electrons. The zero-order valence-corrected chi connectivity index (χ0v) is 21.2. The van der Waals surface area contributed by atoms with E-state index >= 15 is 0 Å². The monoisotopic (exact) mass is 539 g/mol. The summed E-state index contributed by atoms with van der Waals surface area (Å²) in [5.41, 5.74) is 2.55. The lowest BCUT2D eigenvalue weighted by molar-refractivity contribution is 0.354. The molecular weight excluding hydrogens is 505 g/mol. The Hall–Kier alpha value is -2.16. The Balaban J connectivity index is 0.00000341. The first-order chi connectivity index (χ1) is 14.7. The third-order valence-electron chi connectivity index (χ3n) is 5.52. The van der Waals surface area contributed by atoms with Crippen LogP contribution in [0.1, 0.15) is 30.4 Å². The van der Waals surface area contributed by atoms with Gasteiger partial charge in [-0.2, -0.15) is 0 Å². The average molecular weight is 539 g/mol. The minimum Gasteiger partial charge on any atom is -0.497 e. The molecule has 0 aliphatic carbocycles. The number of hydrogen-bond acceptors (Lipinski definition) is 4. The topological polar surface area (TPSA) is 55.3 Å². The van der Waals surface area contributed by atoms with Gasteiger partial charge in [-0.3, -0.25) is 4.99 Å². The molecule has 31 heavy (non-hydrogen) atoms. The van der Waals surface area contributed by atoms with Gasteiger partial charge in [0.05, 0.1) is 21.3 Å². The van der Waals surface area contributed by atoms with Crippen LogP contribution in [0, 0.1) is 0 Å². The maximum atomic E-state index is 5.40. The number of nitrogens with one attached hydrogen (secondary N) is 1. The van der Waals surface area contributed by atoms with Gasteiger partial charge in [-0.1, -0.05) is 18.2 Å². The van der Waals surface area contributed by atoms with Crippen LogP contribution in [0.25, 0.3) is 0 Å². The van der Waals surface area contributed by atoms with Gasteiger partial charge in [-0.15, -0.1) is 24.0 Å². The van der Waals surface area contributed by atoms with Gasteiger partial charge in [-0.25, -0.2) is 0 Å². The van der Waals surface area contributed by atoms with Crippen LogP contribution >= 0.6 is 24.0 Å². The molecule has 1 N–H and O–H groups in total. The number of aliphatic imine (C=N–C) groups is 1. The fourth-order valence-corrected chi connectivity index (χ4v) is 3.85. The molecule has 1 unspecified atom stereocenters. The van der Waals surface area contributed by atoms with Crippen molar-refractivity contribution in [3.63, 3.8) is 0 Å². The highest BCUT2D eigenvalue weighted by atomic mass is 127. The number of nitrogens with zero attached hydrogens (tertiary/aromatic N) is 2. The van der Waals surface area contributed by atoms with Crippen LogP contribution in [0.5, 0.6) is 17.2 Å². The SMILES string of the molecule is CCNC(=NCCc1ccc(OC)c(OC)c1)N1CCC(c2ccc(OC)cc2)C1.I. The van der Waals surface area contributed by atoms with Gasteiger partial charge in [0, 0.05) is 32.1 Å². The van der Waals surface area contributed by atoms with Crippen LogP contribution in [0.3, 0.4) is 0 Å². The van der Waals surface area contributed by atoms with E-state index in [0.717, 1.165) is 62.2 Å². The number of halogens is 1. The van der Waals surface area contributed by atoms with E-state index < -0.39 is 0 Å². The van der Waals surface area contributed by atoms with E-state index in [4.69, 9.17) is 19.2 Å². The number of rotatable bonds is 8. The molecule has 6 nitrogen and oxygen atoms in total. The molecule has 0 bridgehead atoms. The first-order valence-corrected chi connectivity index (χ1v) is 10.6. The van der Waals surface area contributed by atoms with Gasteiger partial charge in [0.1, 0.15) is 5.75 Å². The Morgan fingerprint density at radius 1 is 1.03 bits per heavy atom. The van der Waals surface area contributed by atoms with Crippen molar-refractivity contribution in [1.82, 2.24) is 10.2 Å². The highest BCUT2D eigenvalue weighted by Gasteiger charge is 2.26. The summed E-state index contributed by atoms with van der Waals surface area (Å²) in [4.78, 5) is 7.25. The Morgan fingerprint density at radius 3 is 2.42 bits per heavy atom. The lowest BCUT2D eigenvalue weighted by atomic mass is 9.98. The second-order valence-corrected chi connectivity index (χ2v) is 7.38. The quantitative estimate of drug-likeness (QED) is 0.308. The third-order valence-corrected chi connectivity index (χ3v) is 5.52. The molecule has 2 aromatic rings. The Morgan fingerprint density at radius 2 is 1.77 bits per heavy atom. The molecule has 2 aromatic carbocycles. The highest BCUT2D eigenvalue weighted by Crippen LogP contribution is 2.29. The second-order valence-electron chi connectivity index (χ2n) is 7.38. The molecule has 3 rings (SSSR count). The molecule has 0 aromatic heterocycles. The maximum absolute atomic E-state index is 5.40. The summed E-state index contributed by atoms with van der Waals surface area (Å²) in [5.74, 6) is 3.92. The third kappa shape index (κ3) is 6.66. The zero-order valence-electron chi connectivity index (χ0n) is 18.9. The average Bonchev–Trinajstić information content (AvgIpc) is 3.28. The molecule has 1 aliphatic heterocycles. The largest absolute Gasteiger partial charge is 0.497 e. The first-order valence-electron chi connectivity index (χ1n) is 10.6. The molecular formula is C24H34IN3O3. The Bertz CT molecular complexity index is 842. The van der Waals surface area contributed by atoms with Crippen molar-refractivity contribution in [3.05, 3.63) is 53.6 Å². The minimum absolute atomic E-state index is 0. The number of likely N-dealkylation sites (tertiary alicyclic amines) is 1. The number of hydrogen-bond donors (Lipinski definition) is 1. The minimum atomic E-state index is 0. The van der Waals surface area contributed by atoms with Gasteiger partial charge >= 0.3 is 0 Å². The molecule has 170 valence electrons. The second kappa shape index (κ2) is 12.6. The molecule has 1 heterocycles. The van der Waals surface area contributed by atoms with E-state index in [1.165, 1.54) is 11.1 Å². The van der Waals surface area contributed by atoms with Crippen LogP contribution in [-0.4, -0.2) is 58.4 Å². The van der Waals surface area contributed by atoms with Crippen LogP contribution in [-0.2, 0) is 6.42 Å². The first kappa shape index (κ1) is 25.1. The number of ether oxygens (including phenoxy) is 3. The maximum Gasteiger partial charge on any atom is 0.193 e. The summed E-state index contributed by atoms with van der Waals surface area (Å²) < 4.78 is 16.0. The van der Waals surface area contributed by atoms with E-state index in [-0.39, 0.29) is 24.0 Å². The Labute approximate surface area is 203 Å². The Kier molecular flexibility index (Phi) is 10.2. The smallest absolute Gasteiger partial charge is 0.193 e. The van der Waals surface area contributed by atoms with Crippen molar-refractivity contribution in [1.29, 1.82) is 0 Å². The summed E-state index contributed by atoms with van der Waals surface area (Å²) >= 11 is 0. The molecule has 1 fully saturated rings. The van der Waals surface area contributed by atoms with Crippen LogP contribution in [0.4, 0.5) is 0 Å². The number of guanidine groups is 1. The molecule has 1 atom stereocenters. The van der Waals surface area contributed by atoms with E-state index in [0.29, 0.717) is 5.92 Å². The standard InChI is InChI=1S/C24H33N3O3.HI/c1-5-25-24(26-14-12-18-6-11-22(29-3)23(16-18)30-4)27-15-13-20(17-27)19-7-9-21(28-2)10-8-19;/h6-11,16,20H,5,12-15,17H2,1-4H3,(H,25,26);1H. The van der Waals surface area contributed by atoms with Crippen molar-refractivity contribution in [3.8, 4) is 17.2 Å². The van der Waals surface area contributed by atoms with Gasteiger partial charge in [0.2, 0.25) is 0 Å². The molecule has 0 saturated carbocycles.